The Morgan fingerprint density at radius 2 is 1.41 bits per heavy atom. The number of hydrogen-bond acceptors (Lipinski definition) is 4. The molecule has 1 rings (SSSR count). The SMILES string of the molecule is CC.CC/C(C)=C(\OCC(C)=O)C(CC)(CC)c1ccc(OCC(=O)C(C)(C)C)c(C)c1.CCCCC. The molecule has 1 aromatic carbocycles. The van der Waals surface area contributed by atoms with Crippen molar-refractivity contribution in [1.29, 1.82) is 0 Å². The van der Waals surface area contributed by atoms with E-state index in [1.807, 2.05) is 47.6 Å². The molecule has 0 unspecified atom stereocenters. The van der Waals surface area contributed by atoms with Crippen molar-refractivity contribution in [3.8, 4) is 5.75 Å². The lowest BCUT2D eigenvalue weighted by Crippen LogP contribution is -2.31. The van der Waals surface area contributed by atoms with E-state index in [0.29, 0.717) is 0 Å². The Hall–Kier alpha value is -2.10. The highest BCUT2D eigenvalue weighted by Crippen LogP contribution is 2.42. The summed E-state index contributed by atoms with van der Waals surface area (Å²) in [6, 6.07) is 6.14. The summed E-state index contributed by atoms with van der Waals surface area (Å²) in [4.78, 5) is 23.8. The maximum absolute atomic E-state index is 12.2. The lowest BCUT2D eigenvalue weighted by molar-refractivity contribution is -0.128. The number of hydrogen-bond donors (Lipinski definition) is 0. The van der Waals surface area contributed by atoms with Crippen LogP contribution in [0.15, 0.2) is 29.5 Å². The van der Waals surface area contributed by atoms with Crippen LogP contribution in [-0.4, -0.2) is 24.8 Å². The van der Waals surface area contributed by atoms with E-state index in [1.54, 1.807) is 6.92 Å². The highest BCUT2D eigenvalue weighted by molar-refractivity contribution is 5.85. The summed E-state index contributed by atoms with van der Waals surface area (Å²) in [6.45, 7) is 26.3. The first-order valence-electron chi connectivity index (χ1n) is 14.4. The lowest BCUT2D eigenvalue weighted by atomic mass is 9.72. The number of carbonyl (C=O) groups excluding carboxylic acids is 2. The molecule has 0 heterocycles. The first-order chi connectivity index (χ1) is 17.3. The highest BCUT2D eigenvalue weighted by Gasteiger charge is 2.36. The lowest BCUT2D eigenvalue weighted by Gasteiger charge is -2.36. The third-order valence-corrected chi connectivity index (χ3v) is 6.61. The monoisotopic (exact) mass is 518 g/mol. The Bertz CT molecular complexity index is 821. The maximum atomic E-state index is 12.2. The van der Waals surface area contributed by atoms with Crippen LogP contribution in [0.1, 0.15) is 133 Å². The maximum Gasteiger partial charge on any atom is 0.175 e. The number of unbranched alkanes of at least 4 members (excludes halogenated alkanes) is 2. The minimum Gasteiger partial charge on any atom is -0.489 e. The van der Waals surface area contributed by atoms with Crippen LogP contribution in [0, 0.1) is 12.3 Å². The summed E-state index contributed by atoms with van der Waals surface area (Å²) in [6.07, 6.45) is 6.66. The second kappa shape index (κ2) is 19.0. The average molecular weight is 519 g/mol. The summed E-state index contributed by atoms with van der Waals surface area (Å²) in [5, 5.41) is 0. The van der Waals surface area contributed by atoms with Crippen LogP contribution in [0.3, 0.4) is 0 Å². The van der Waals surface area contributed by atoms with E-state index in [4.69, 9.17) is 9.47 Å². The van der Waals surface area contributed by atoms with Crippen LogP contribution in [0.4, 0.5) is 0 Å². The molecule has 214 valence electrons. The van der Waals surface area contributed by atoms with E-state index in [2.05, 4.69) is 53.7 Å². The quantitative estimate of drug-likeness (QED) is 0.244. The molecule has 4 heteroatoms. The fourth-order valence-corrected chi connectivity index (χ4v) is 3.94. The molecule has 0 aliphatic rings. The number of allylic oxidation sites excluding steroid dienone is 2. The van der Waals surface area contributed by atoms with Gasteiger partial charge in [-0.05, 0) is 62.8 Å². The highest BCUT2D eigenvalue weighted by atomic mass is 16.5. The van der Waals surface area contributed by atoms with Gasteiger partial charge in [0.05, 0.1) is 5.41 Å². The number of carbonyl (C=O) groups is 2. The minimum atomic E-state index is -0.418. The van der Waals surface area contributed by atoms with Gasteiger partial charge in [0.15, 0.2) is 11.6 Å². The van der Waals surface area contributed by atoms with Crippen molar-refractivity contribution < 1.29 is 19.1 Å². The van der Waals surface area contributed by atoms with Gasteiger partial charge in [-0.1, -0.05) is 101 Å². The van der Waals surface area contributed by atoms with Crippen LogP contribution in [0.5, 0.6) is 5.75 Å². The van der Waals surface area contributed by atoms with Gasteiger partial charge in [-0.3, -0.25) is 9.59 Å². The Morgan fingerprint density at radius 3 is 1.76 bits per heavy atom. The fraction of sp³-hybridized carbons (Fsp3) is 0.697. The third-order valence-electron chi connectivity index (χ3n) is 6.61. The molecule has 0 aromatic heterocycles. The zero-order chi connectivity index (χ0) is 29.2. The van der Waals surface area contributed by atoms with Crippen molar-refractivity contribution in [2.45, 2.75) is 134 Å². The van der Waals surface area contributed by atoms with Gasteiger partial charge in [0.1, 0.15) is 24.7 Å². The molecule has 0 bridgehead atoms. The summed E-state index contributed by atoms with van der Waals surface area (Å²) < 4.78 is 11.9. The number of aryl methyl sites for hydroxylation is 1. The predicted molar refractivity (Wildman–Crippen MR) is 160 cm³/mol. The number of ketones is 2. The Labute approximate surface area is 229 Å². The van der Waals surface area contributed by atoms with E-state index in [1.165, 1.54) is 19.3 Å². The molecular formula is C33H58O4. The Morgan fingerprint density at radius 1 is 0.865 bits per heavy atom. The van der Waals surface area contributed by atoms with Crippen LogP contribution in [-0.2, 0) is 19.7 Å². The number of ether oxygens (including phenoxy) is 2. The minimum absolute atomic E-state index is 0.0148. The van der Waals surface area contributed by atoms with Gasteiger partial charge in [-0.25, -0.2) is 0 Å². The predicted octanol–water partition coefficient (Wildman–Crippen LogP) is 9.56. The molecule has 0 N–H and O–H groups in total. The second-order valence-corrected chi connectivity index (χ2v) is 10.5. The summed E-state index contributed by atoms with van der Waals surface area (Å²) >= 11 is 0. The number of Topliss-reactive ketones (excluding diaryl/α,β-unsaturated/α-hetero) is 2. The Balaban J connectivity index is 0. The topological polar surface area (TPSA) is 52.6 Å². The van der Waals surface area contributed by atoms with Gasteiger partial charge >= 0.3 is 0 Å². The summed E-state index contributed by atoms with van der Waals surface area (Å²) in [5.41, 5.74) is 2.57. The fourth-order valence-electron chi connectivity index (χ4n) is 3.94. The Kier molecular flexibility index (Phi) is 19.1. The molecule has 0 amide bonds. The van der Waals surface area contributed by atoms with Gasteiger partial charge in [0.25, 0.3) is 0 Å². The molecule has 0 saturated heterocycles. The number of benzene rings is 1. The molecule has 1 aromatic rings. The molecule has 0 atom stereocenters. The average Bonchev–Trinajstić information content (AvgIpc) is 2.86. The van der Waals surface area contributed by atoms with Crippen molar-refractivity contribution >= 4 is 11.6 Å². The van der Waals surface area contributed by atoms with E-state index < -0.39 is 5.41 Å². The van der Waals surface area contributed by atoms with E-state index in [0.717, 1.165) is 47.5 Å². The van der Waals surface area contributed by atoms with Crippen molar-refractivity contribution in [2.24, 2.45) is 5.41 Å². The first kappa shape index (κ1) is 37.1. The number of rotatable bonds is 13. The van der Waals surface area contributed by atoms with Gasteiger partial charge in [0.2, 0.25) is 0 Å². The van der Waals surface area contributed by atoms with E-state index >= 15 is 0 Å². The smallest absolute Gasteiger partial charge is 0.175 e. The molecule has 37 heavy (non-hydrogen) atoms. The van der Waals surface area contributed by atoms with Crippen molar-refractivity contribution in [2.75, 3.05) is 13.2 Å². The van der Waals surface area contributed by atoms with E-state index in [9.17, 15) is 9.59 Å². The molecule has 4 nitrogen and oxygen atoms in total. The summed E-state index contributed by atoms with van der Waals surface area (Å²) in [7, 11) is 0. The van der Waals surface area contributed by atoms with Crippen molar-refractivity contribution in [1.82, 2.24) is 0 Å². The zero-order valence-electron chi connectivity index (χ0n) is 26.5. The molecule has 0 saturated carbocycles. The standard InChI is InChI=1S/C26H40O4.C5H12.C2H6/c1-10-18(4)24(30-16-20(6)27)26(11-2,12-3)21-13-14-22(19(5)15-21)29-17-23(28)25(7,8)9;1-3-5-4-2;1-2/h13-15H,10-12,16-17H2,1-9H3;3-5H2,1-2H3;1-2H3/b24-18-;;. The second-order valence-electron chi connectivity index (χ2n) is 10.5. The van der Waals surface area contributed by atoms with Crippen LogP contribution in [0.2, 0.25) is 0 Å². The van der Waals surface area contributed by atoms with Crippen molar-refractivity contribution in [3.63, 3.8) is 0 Å². The first-order valence-corrected chi connectivity index (χ1v) is 14.4. The van der Waals surface area contributed by atoms with Gasteiger partial charge in [-0.15, -0.1) is 0 Å². The van der Waals surface area contributed by atoms with Crippen LogP contribution >= 0.6 is 0 Å². The molecular weight excluding hydrogens is 460 g/mol. The molecule has 0 aliphatic heterocycles. The largest absolute Gasteiger partial charge is 0.489 e. The normalized spacial score (nSPS) is 11.8. The van der Waals surface area contributed by atoms with Gasteiger partial charge in [0, 0.05) is 5.41 Å². The van der Waals surface area contributed by atoms with Gasteiger partial charge in [-0.2, -0.15) is 0 Å². The van der Waals surface area contributed by atoms with E-state index in [-0.39, 0.29) is 30.2 Å². The van der Waals surface area contributed by atoms with Crippen LogP contribution in [0.25, 0.3) is 0 Å². The van der Waals surface area contributed by atoms with Crippen molar-refractivity contribution in [3.05, 3.63) is 40.7 Å². The third kappa shape index (κ3) is 12.3. The van der Waals surface area contributed by atoms with Gasteiger partial charge < -0.3 is 9.47 Å². The zero-order valence-corrected chi connectivity index (χ0v) is 26.5. The summed E-state index contributed by atoms with van der Waals surface area (Å²) in [5.74, 6) is 1.71. The molecule has 0 fully saturated rings. The molecule has 0 aliphatic carbocycles. The molecule has 0 spiro atoms. The molecule has 0 radical (unpaired) electrons. The van der Waals surface area contributed by atoms with Crippen LogP contribution < -0.4 is 4.74 Å².